The molecule has 6 N–H and O–H groups in total. The predicted molar refractivity (Wildman–Crippen MR) is 115 cm³/mol. The van der Waals surface area contributed by atoms with E-state index in [4.69, 9.17) is 0 Å². The molecule has 0 spiro atoms. The largest absolute Gasteiger partial charge is 0.394 e. The molecule has 2 aromatic rings. The van der Waals surface area contributed by atoms with Gasteiger partial charge in [-0.3, -0.25) is 0 Å². The summed E-state index contributed by atoms with van der Waals surface area (Å²) in [6.45, 7) is 0.745. The van der Waals surface area contributed by atoms with E-state index in [0.717, 1.165) is 12.1 Å². The second-order valence-electron chi connectivity index (χ2n) is 8.08. The Morgan fingerprint density at radius 2 is 1.44 bits per heavy atom. The Kier molecular flexibility index (Phi) is 9.03. The smallest absolute Gasteiger partial charge is 0.126 e. The van der Waals surface area contributed by atoms with Crippen LogP contribution in [0.5, 0.6) is 0 Å². The number of rotatable bonds is 11. The van der Waals surface area contributed by atoms with Crippen molar-refractivity contribution in [1.29, 1.82) is 0 Å². The summed E-state index contributed by atoms with van der Waals surface area (Å²) in [5.74, 6) is -1.18. The van der Waals surface area contributed by atoms with Gasteiger partial charge >= 0.3 is 0 Å². The fraction of sp³-hybridized carbons (Fsp3) is 0.417. The van der Waals surface area contributed by atoms with Crippen LogP contribution in [0.15, 0.2) is 60.7 Å². The third-order valence-electron chi connectivity index (χ3n) is 5.53. The SMILES string of the molecule is C/C=C/CC(O)(Cc1cccc(F)c1)[C@@H](O)[C@@](O)(Cc1cccc(F)c1)[C@H](O)[C@@H](O)CO. The Morgan fingerprint density at radius 1 is 0.906 bits per heavy atom. The minimum atomic E-state index is -2.60. The molecule has 0 fully saturated rings. The molecule has 2 rings (SSSR count). The van der Waals surface area contributed by atoms with Gasteiger partial charge in [-0.2, -0.15) is 0 Å². The summed E-state index contributed by atoms with van der Waals surface area (Å²) in [6, 6.07) is 10.4. The summed E-state index contributed by atoms with van der Waals surface area (Å²) in [4.78, 5) is 0. The molecule has 0 bridgehead atoms. The van der Waals surface area contributed by atoms with Crippen molar-refractivity contribution in [2.75, 3.05) is 6.61 Å². The van der Waals surface area contributed by atoms with Crippen molar-refractivity contribution in [2.24, 2.45) is 0 Å². The molecule has 6 nitrogen and oxygen atoms in total. The molecule has 0 saturated heterocycles. The molecule has 1 unspecified atom stereocenters. The summed E-state index contributed by atoms with van der Waals surface area (Å²) in [5.41, 5.74) is -4.21. The second-order valence-corrected chi connectivity index (χ2v) is 8.08. The lowest BCUT2D eigenvalue weighted by Gasteiger charge is -2.46. The van der Waals surface area contributed by atoms with Gasteiger partial charge in [-0.05, 0) is 48.7 Å². The minimum absolute atomic E-state index is 0.176. The molecule has 0 amide bonds. The molecule has 0 aliphatic rings. The molecular weight excluding hydrogens is 422 g/mol. The average Bonchev–Trinajstić information content (AvgIpc) is 2.76. The number of allylic oxidation sites excluding steroid dienone is 1. The lowest BCUT2D eigenvalue weighted by Crippen LogP contribution is -2.66. The van der Waals surface area contributed by atoms with E-state index in [-0.39, 0.29) is 18.4 Å². The highest BCUT2D eigenvalue weighted by Crippen LogP contribution is 2.35. The van der Waals surface area contributed by atoms with Crippen molar-refractivity contribution < 1.29 is 39.4 Å². The summed E-state index contributed by atoms with van der Waals surface area (Å²) in [6.07, 6.45) is -3.95. The summed E-state index contributed by atoms with van der Waals surface area (Å²) >= 11 is 0. The first-order valence-corrected chi connectivity index (χ1v) is 10.3. The van der Waals surface area contributed by atoms with Crippen LogP contribution in [0.1, 0.15) is 24.5 Å². The molecule has 176 valence electrons. The van der Waals surface area contributed by atoms with E-state index >= 15 is 0 Å². The minimum Gasteiger partial charge on any atom is -0.394 e. The Labute approximate surface area is 185 Å². The third kappa shape index (κ3) is 6.19. The van der Waals surface area contributed by atoms with Crippen LogP contribution in [-0.2, 0) is 12.8 Å². The van der Waals surface area contributed by atoms with Gasteiger partial charge in [-0.1, -0.05) is 36.4 Å². The standard InChI is InChI=1S/C24H30F2O6/c1-2-3-10-23(31,13-16-6-4-8-18(25)11-16)22(30)24(32,21(29)20(28)15-27)14-17-7-5-9-19(26)12-17/h2-9,11-12,20-22,27-32H,10,13-15H2,1H3/b3-2+/t20-,21+,22+,23?,24+/m0/s1. The number of benzene rings is 2. The van der Waals surface area contributed by atoms with Crippen LogP contribution < -0.4 is 0 Å². The Balaban J connectivity index is 2.53. The first kappa shape index (κ1) is 26.1. The van der Waals surface area contributed by atoms with Gasteiger partial charge in [-0.15, -0.1) is 0 Å². The summed E-state index contributed by atoms with van der Waals surface area (Å²) in [7, 11) is 0. The van der Waals surface area contributed by atoms with Gasteiger partial charge in [0.05, 0.1) is 6.61 Å². The maximum Gasteiger partial charge on any atom is 0.126 e. The zero-order chi connectivity index (χ0) is 23.9. The van der Waals surface area contributed by atoms with Crippen LogP contribution in [0.25, 0.3) is 0 Å². The van der Waals surface area contributed by atoms with Gasteiger partial charge in [0.2, 0.25) is 0 Å². The predicted octanol–water partition coefficient (Wildman–Crippen LogP) is 1.25. The molecule has 0 aliphatic carbocycles. The Morgan fingerprint density at radius 3 is 1.91 bits per heavy atom. The fourth-order valence-electron chi connectivity index (χ4n) is 3.84. The van der Waals surface area contributed by atoms with E-state index in [1.807, 2.05) is 0 Å². The van der Waals surface area contributed by atoms with Crippen LogP contribution >= 0.6 is 0 Å². The van der Waals surface area contributed by atoms with Crippen LogP contribution in [0, 0.1) is 11.6 Å². The van der Waals surface area contributed by atoms with Crippen molar-refractivity contribution in [3.63, 3.8) is 0 Å². The molecule has 8 heteroatoms. The van der Waals surface area contributed by atoms with Gasteiger partial charge in [0.1, 0.15) is 41.1 Å². The van der Waals surface area contributed by atoms with Crippen molar-refractivity contribution in [2.45, 2.75) is 55.7 Å². The quantitative estimate of drug-likeness (QED) is 0.286. The number of aliphatic hydroxyl groups excluding tert-OH is 4. The average molecular weight is 452 g/mol. The summed E-state index contributed by atoms with van der Waals surface area (Å²) in [5, 5.41) is 64.0. The Hall–Kier alpha value is -2.20. The van der Waals surface area contributed by atoms with Crippen molar-refractivity contribution in [3.8, 4) is 0 Å². The van der Waals surface area contributed by atoms with Gasteiger partial charge < -0.3 is 30.6 Å². The van der Waals surface area contributed by atoms with Gasteiger partial charge in [0.15, 0.2) is 0 Å². The molecule has 0 saturated carbocycles. The van der Waals surface area contributed by atoms with Gasteiger partial charge in [0, 0.05) is 12.8 Å². The second kappa shape index (κ2) is 11.1. The van der Waals surface area contributed by atoms with Gasteiger partial charge in [-0.25, -0.2) is 8.78 Å². The zero-order valence-corrected chi connectivity index (χ0v) is 17.8. The van der Waals surface area contributed by atoms with E-state index in [0.29, 0.717) is 5.56 Å². The normalized spacial score (nSPS) is 18.7. The van der Waals surface area contributed by atoms with Gasteiger partial charge in [0.25, 0.3) is 0 Å². The van der Waals surface area contributed by atoms with Crippen LogP contribution in [0.3, 0.4) is 0 Å². The topological polar surface area (TPSA) is 121 Å². The van der Waals surface area contributed by atoms with Crippen LogP contribution in [0.2, 0.25) is 0 Å². The fourth-order valence-corrected chi connectivity index (χ4v) is 3.84. The highest BCUT2D eigenvalue weighted by Gasteiger charge is 2.54. The lowest BCUT2D eigenvalue weighted by atomic mass is 9.72. The summed E-state index contributed by atoms with van der Waals surface area (Å²) < 4.78 is 27.4. The molecule has 5 atom stereocenters. The number of halogens is 2. The van der Waals surface area contributed by atoms with Crippen molar-refractivity contribution in [3.05, 3.63) is 83.4 Å². The highest BCUT2D eigenvalue weighted by molar-refractivity contribution is 5.24. The van der Waals surface area contributed by atoms with E-state index < -0.39 is 54.2 Å². The molecular formula is C24H30F2O6. The molecule has 2 aromatic carbocycles. The monoisotopic (exact) mass is 452 g/mol. The van der Waals surface area contributed by atoms with E-state index in [1.54, 1.807) is 13.0 Å². The maximum atomic E-state index is 13.7. The molecule has 0 aromatic heterocycles. The number of aliphatic hydroxyl groups is 6. The van der Waals surface area contributed by atoms with Crippen LogP contribution in [0.4, 0.5) is 8.78 Å². The van der Waals surface area contributed by atoms with E-state index in [2.05, 4.69) is 0 Å². The molecule has 0 radical (unpaired) electrons. The molecule has 32 heavy (non-hydrogen) atoms. The number of hydrogen-bond donors (Lipinski definition) is 6. The first-order chi connectivity index (χ1) is 15.1. The maximum absolute atomic E-state index is 13.7. The van der Waals surface area contributed by atoms with Crippen molar-refractivity contribution in [1.82, 2.24) is 0 Å². The van der Waals surface area contributed by atoms with Crippen molar-refractivity contribution >= 4 is 0 Å². The third-order valence-corrected chi connectivity index (χ3v) is 5.53. The van der Waals surface area contributed by atoms with E-state index in [9.17, 15) is 39.4 Å². The van der Waals surface area contributed by atoms with Crippen LogP contribution in [-0.4, -0.2) is 66.8 Å². The molecule has 0 heterocycles. The lowest BCUT2D eigenvalue weighted by molar-refractivity contribution is -0.228. The zero-order valence-electron chi connectivity index (χ0n) is 17.8. The Bertz CT molecular complexity index is 908. The highest BCUT2D eigenvalue weighted by atomic mass is 19.1. The molecule has 0 aliphatic heterocycles. The first-order valence-electron chi connectivity index (χ1n) is 10.3. The van der Waals surface area contributed by atoms with E-state index in [1.165, 1.54) is 42.5 Å². The number of hydrogen-bond acceptors (Lipinski definition) is 6.